The Morgan fingerprint density at radius 3 is 2.45 bits per heavy atom. The molecule has 0 aliphatic rings. The topological polar surface area (TPSA) is 50.4 Å². The summed E-state index contributed by atoms with van der Waals surface area (Å²) < 4.78 is 42.9. The average molecular weight is 287 g/mol. The maximum atomic E-state index is 14.8. The van der Waals surface area contributed by atoms with Gasteiger partial charge >= 0.3 is 0 Å². The van der Waals surface area contributed by atoms with Gasteiger partial charge in [-0.2, -0.15) is 0 Å². The lowest BCUT2D eigenvalue weighted by molar-refractivity contribution is 0.101. The first kappa shape index (κ1) is 16.3. The van der Waals surface area contributed by atoms with Crippen molar-refractivity contribution in [3.63, 3.8) is 0 Å². The Hall–Kier alpha value is -1.72. The monoisotopic (exact) mass is 287 g/mol. The third-order valence-corrected chi connectivity index (χ3v) is 3.26. The number of nitrogens with one attached hydrogen (secondary N) is 1. The highest BCUT2D eigenvalue weighted by molar-refractivity contribution is 5.88. The van der Waals surface area contributed by atoms with Gasteiger partial charge in [0.2, 0.25) is 0 Å². The maximum Gasteiger partial charge on any atom is 0.167 e. The Morgan fingerprint density at radius 1 is 1.35 bits per heavy atom. The van der Waals surface area contributed by atoms with Crippen LogP contribution in [0.15, 0.2) is 23.2 Å². The van der Waals surface area contributed by atoms with Gasteiger partial charge in [-0.1, -0.05) is 0 Å². The molecule has 20 heavy (non-hydrogen) atoms. The molecule has 0 fully saturated rings. The Kier molecular flexibility index (Phi) is 4.68. The number of halogens is 3. The fourth-order valence-electron chi connectivity index (χ4n) is 2.12. The molecule has 2 atom stereocenters. The van der Waals surface area contributed by atoms with Crippen molar-refractivity contribution in [2.24, 2.45) is 10.7 Å². The lowest BCUT2D eigenvalue weighted by Crippen LogP contribution is -2.41. The van der Waals surface area contributed by atoms with Gasteiger partial charge in [0.15, 0.2) is 5.67 Å². The fourth-order valence-corrected chi connectivity index (χ4v) is 2.12. The van der Waals surface area contributed by atoms with Crippen LogP contribution in [0.25, 0.3) is 0 Å². The van der Waals surface area contributed by atoms with E-state index in [1.807, 2.05) is 0 Å². The lowest BCUT2D eigenvalue weighted by atomic mass is 9.85. The first-order chi connectivity index (χ1) is 9.14. The zero-order chi connectivity index (χ0) is 15.6. The van der Waals surface area contributed by atoms with E-state index < -0.39 is 23.6 Å². The Labute approximate surface area is 117 Å². The Morgan fingerprint density at radius 2 is 1.95 bits per heavy atom. The van der Waals surface area contributed by atoms with Crippen LogP contribution < -0.4 is 11.1 Å². The largest absolute Gasteiger partial charge is 0.388 e. The third kappa shape index (κ3) is 3.43. The maximum absolute atomic E-state index is 14.8. The van der Waals surface area contributed by atoms with Crippen LogP contribution in [0.2, 0.25) is 0 Å². The molecule has 0 aliphatic carbocycles. The number of anilines is 1. The number of nitrogens with zero attached hydrogens (tertiary/aromatic N) is 1. The molecule has 3 N–H and O–H groups in total. The molecule has 1 aromatic carbocycles. The molecule has 0 spiro atoms. The number of amidine groups is 1. The molecule has 0 saturated carbocycles. The predicted octanol–water partition coefficient (Wildman–Crippen LogP) is 3.16. The Balaban J connectivity index is 3.17. The zero-order valence-corrected chi connectivity index (χ0v) is 12.1. The number of benzene rings is 1. The number of alkyl halides is 2. The molecule has 1 rings (SSSR count). The summed E-state index contributed by atoms with van der Waals surface area (Å²) in [5.74, 6) is -1.04. The second-order valence-electron chi connectivity index (χ2n) is 5.13. The highest BCUT2D eigenvalue weighted by Crippen LogP contribution is 2.38. The second-order valence-corrected chi connectivity index (χ2v) is 5.13. The van der Waals surface area contributed by atoms with Gasteiger partial charge in [-0.15, -0.1) is 0 Å². The van der Waals surface area contributed by atoms with E-state index in [2.05, 4.69) is 10.3 Å². The van der Waals surface area contributed by atoms with E-state index in [0.717, 1.165) is 19.9 Å². The van der Waals surface area contributed by atoms with Crippen molar-refractivity contribution in [3.8, 4) is 0 Å². The fraction of sp³-hybridized carbons (Fsp3) is 0.500. The van der Waals surface area contributed by atoms with E-state index in [1.165, 1.54) is 19.2 Å². The minimum Gasteiger partial charge on any atom is -0.388 e. The lowest BCUT2D eigenvalue weighted by Gasteiger charge is -2.29. The van der Waals surface area contributed by atoms with Crippen molar-refractivity contribution in [2.45, 2.75) is 31.6 Å². The number of hydrogen-bond donors (Lipinski definition) is 2. The quantitative estimate of drug-likeness (QED) is 0.645. The van der Waals surface area contributed by atoms with E-state index in [-0.39, 0.29) is 11.4 Å². The van der Waals surface area contributed by atoms with Crippen molar-refractivity contribution in [1.29, 1.82) is 0 Å². The van der Waals surface area contributed by atoms with Gasteiger partial charge in [0.1, 0.15) is 17.3 Å². The molecule has 0 bridgehead atoms. The highest BCUT2D eigenvalue weighted by atomic mass is 19.2. The van der Waals surface area contributed by atoms with Crippen molar-refractivity contribution in [3.05, 3.63) is 29.6 Å². The summed E-state index contributed by atoms with van der Waals surface area (Å²) in [7, 11) is 2.96. The van der Waals surface area contributed by atoms with Crippen LogP contribution in [0.5, 0.6) is 0 Å². The zero-order valence-electron chi connectivity index (χ0n) is 12.1. The van der Waals surface area contributed by atoms with Crippen LogP contribution in [-0.2, 0) is 5.67 Å². The van der Waals surface area contributed by atoms with Crippen LogP contribution in [0.4, 0.5) is 18.9 Å². The van der Waals surface area contributed by atoms with Crippen LogP contribution in [0, 0.1) is 5.82 Å². The smallest absolute Gasteiger partial charge is 0.167 e. The van der Waals surface area contributed by atoms with Crippen molar-refractivity contribution >= 4 is 11.5 Å². The van der Waals surface area contributed by atoms with Crippen molar-refractivity contribution < 1.29 is 13.2 Å². The van der Waals surface area contributed by atoms with Gasteiger partial charge in [-0.25, -0.2) is 13.2 Å². The van der Waals surface area contributed by atoms with E-state index in [9.17, 15) is 13.2 Å². The predicted molar refractivity (Wildman–Crippen MR) is 76.1 cm³/mol. The number of aliphatic imine (C=N–C) groups is 1. The second kappa shape index (κ2) is 5.73. The molecule has 1 aromatic rings. The van der Waals surface area contributed by atoms with Crippen molar-refractivity contribution in [2.75, 3.05) is 19.4 Å². The van der Waals surface area contributed by atoms with E-state index in [0.29, 0.717) is 5.69 Å². The molecule has 3 nitrogen and oxygen atoms in total. The minimum absolute atomic E-state index is 0.211. The van der Waals surface area contributed by atoms with Crippen LogP contribution in [-0.4, -0.2) is 25.6 Å². The standard InChI is InChI=1S/C14H20F3N3/c1-13(16,8-14(2,17)12(18)20-4)10-7-9(19-3)5-6-11(10)15/h5-7,19H,8H2,1-4H3,(H2,18,20)/t13-,14+/m1/s1. The summed E-state index contributed by atoms with van der Waals surface area (Å²) in [4.78, 5) is 3.54. The van der Waals surface area contributed by atoms with Gasteiger partial charge in [-0.05, 0) is 32.0 Å². The summed E-state index contributed by atoms with van der Waals surface area (Å²) in [5, 5.41) is 2.79. The summed E-state index contributed by atoms with van der Waals surface area (Å²) in [5.41, 5.74) is 1.40. The number of nitrogens with two attached hydrogens (primary N) is 1. The first-order valence-corrected chi connectivity index (χ1v) is 6.22. The van der Waals surface area contributed by atoms with Gasteiger partial charge in [0, 0.05) is 31.8 Å². The molecular weight excluding hydrogens is 267 g/mol. The number of hydrogen-bond acceptors (Lipinski definition) is 2. The van der Waals surface area contributed by atoms with E-state index >= 15 is 0 Å². The highest BCUT2D eigenvalue weighted by Gasteiger charge is 2.41. The molecule has 0 aromatic heterocycles. The van der Waals surface area contributed by atoms with E-state index in [1.54, 1.807) is 7.05 Å². The molecular formula is C14H20F3N3. The van der Waals surface area contributed by atoms with Gasteiger partial charge in [0.05, 0.1) is 0 Å². The minimum atomic E-state index is -2.21. The summed E-state index contributed by atoms with van der Waals surface area (Å²) >= 11 is 0. The molecule has 0 unspecified atom stereocenters. The molecule has 112 valence electrons. The molecule has 6 heteroatoms. The normalized spacial score (nSPS) is 18.2. The molecule has 0 aliphatic heterocycles. The number of rotatable bonds is 5. The van der Waals surface area contributed by atoms with Crippen LogP contribution in [0.3, 0.4) is 0 Å². The molecule has 0 radical (unpaired) electrons. The van der Waals surface area contributed by atoms with Crippen molar-refractivity contribution in [1.82, 2.24) is 0 Å². The molecule has 0 amide bonds. The molecule has 0 saturated heterocycles. The summed E-state index contributed by atoms with van der Waals surface area (Å²) in [6.07, 6.45) is -0.618. The first-order valence-electron chi connectivity index (χ1n) is 6.22. The van der Waals surface area contributed by atoms with Gasteiger partial charge < -0.3 is 11.1 Å². The SMILES string of the molecule is C/N=C(/N)[C@@](C)(F)C[C@@](C)(F)c1cc(NC)ccc1F. The molecule has 0 heterocycles. The van der Waals surface area contributed by atoms with Gasteiger partial charge in [0.25, 0.3) is 0 Å². The third-order valence-electron chi connectivity index (χ3n) is 3.26. The Bertz CT molecular complexity index is 510. The van der Waals surface area contributed by atoms with Gasteiger partial charge in [-0.3, -0.25) is 4.99 Å². The summed E-state index contributed by atoms with van der Waals surface area (Å²) in [6, 6.07) is 3.95. The van der Waals surface area contributed by atoms with Crippen LogP contribution >= 0.6 is 0 Å². The average Bonchev–Trinajstić information content (AvgIpc) is 2.36. The van der Waals surface area contributed by atoms with Crippen LogP contribution in [0.1, 0.15) is 25.8 Å². The summed E-state index contributed by atoms with van der Waals surface area (Å²) in [6.45, 7) is 2.26. The van der Waals surface area contributed by atoms with E-state index in [4.69, 9.17) is 5.73 Å².